The zero-order chi connectivity index (χ0) is 12.5. The van der Waals surface area contributed by atoms with Crippen molar-refractivity contribution in [2.45, 2.75) is 13.3 Å². The average molecular weight is 264 g/mol. The fraction of sp³-hybridized carbons (Fsp3) is 0.500. The second kappa shape index (κ2) is 4.70. The molecule has 0 saturated carbocycles. The molecule has 1 aliphatic heterocycles. The molecule has 1 fully saturated rings. The molecule has 6 heteroatoms. The maximum atomic E-state index is 5.81. The van der Waals surface area contributed by atoms with Crippen LogP contribution in [0.2, 0.25) is 0 Å². The molecular formula is C12H16N4OS. The molecule has 0 spiro atoms. The number of morpholine rings is 1. The zero-order valence-electron chi connectivity index (χ0n) is 10.3. The Hall–Kier alpha value is -1.40. The van der Waals surface area contributed by atoms with Crippen LogP contribution in [0, 0.1) is 0 Å². The molecule has 1 saturated heterocycles. The van der Waals surface area contributed by atoms with Crippen LogP contribution in [0.3, 0.4) is 0 Å². The molecule has 0 bridgehead atoms. The van der Waals surface area contributed by atoms with Crippen molar-refractivity contribution in [1.29, 1.82) is 0 Å². The normalized spacial score (nSPS) is 16.4. The Morgan fingerprint density at radius 2 is 2.17 bits per heavy atom. The van der Waals surface area contributed by atoms with E-state index in [2.05, 4.69) is 27.9 Å². The van der Waals surface area contributed by atoms with E-state index in [0.29, 0.717) is 5.95 Å². The average Bonchev–Trinajstić information content (AvgIpc) is 2.81. The Labute approximate surface area is 110 Å². The van der Waals surface area contributed by atoms with E-state index in [1.54, 1.807) is 11.3 Å². The number of aromatic nitrogens is 2. The van der Waals surface area contributed by atoms with Crippen LogP contribution in [0.15, 0.2) is 6.07 Å². The van der Waals surface area contributed by atoms with Crippen LogP contribution < -0.4 is 10.6 Å². The van der Waals surface area contributed by atoms with E-state index in [4.69, 9.17) is 10.5 Å². The van der Waals surface area contributed by atoms with Gasteiger partial charge >= 0.3 is 0 Å². The summed E-state index contributed by atoms with van der Waals surface area (Å²) in [5, 5.41) is 1.12. The summed E-state index contributed by atoms with van der Waals surface area (Å²) in [6, 6.07) is 2.18. The third kappa shape index (κ3) is 2.02. The van der Waals surface area contributed by atoms with Gasteiger partial charge in [-0.2, -0.15) is 4.98 Å². The van der Waals surface area contributed by atoms with Gasteiger partial charge in [-0.15, -0.1) is 11.3 Å². The molecule has 0 amide bonds. The van der Waals surface area contributed by atoms with Gasteiger partial charge in [-0.25, -0.2) is 4.98 Å². The minimum absolute atomic E-state index is 0.355. The van der Waals surface area contributed by atoms with Crippen molar-refractivity contribution in [3.63, 3.8) is 0 Å². The van der Waals surface area contributed by atoms with Crippen molar-refractivity contribution in [1.82, 2.24) is 9.97 Å². The van der Waals surface area contributed by atoms with Gasteiger partial charge in [-0.05, 0) is 12.5 Å². The summed E-state index contributed by atoms with van der Waals surface area (Å²) in [5.41, 5.74) is 5.81. The highest BCUT2D eigenvalue weighted by Gasteiger charge is 2.18. The molecule has 3 heterocycles. The lowest BCUT2D eigenvalue weighted by molar-refractivity contribution is 0.122. The summed E-state index contributed by atoms with van der Waals surface area (Å²) in [4.78, 5) is 13.3. The van der Waals surface area contributed by atoms with Crippen LogP contribution in [0.5, 0.6) is 0 Å². The molecule has 1 aliphatic rings. The molecule has 0 unspecified atom stereocenters. The highest BCUT2D eigenvalue weighted by atomic mass is 32.1. The van der Waals surface area contributed by atoms with E-state index in [1.165, 1.54) is 4.88 Å². The lowest BCUT2D eigenvalue weighted by atomic mass is 10.3. The monoisotopic (exact) mass is 264 g/mol. The highest BCUT2D eigenvalue weighted by molar-refractivity contribution is 7.18. The van der Waals surface area contributed by atoms with Crippen molar-refractivity contribution < 1.29 is 4.74 Å². The topological polar surface area (TPSA) is 64.3 Å². The highest BCUT2D eigenvalue weighted by Crippen LogP contribution is 2.32. The second-order valence-corrected chi connectivity index (χ2v) is 5.41. The van der Waals surface area contributed by atoms with Crippen LogP contribution in [0.25, 0.3) is 10.2 Å². The summed E-state index contributed by atoms with van der Waals surface area (Å²) in [7, 11) is 0. The first kappa shape index (κ1) is 11.7. The number of thiophene rings is 1. The fourth-order valence-corrected chi connectivity index (χ4v) is 3.13. The summed E-state index contributed by atoms with van der Waals surface area (Å²) >= 11 is 1.70. The number of hydrogen-bond acceptors (Lipinski definition) is 6. The lowest BCUT2D eigenvalue weighted by Gasteiger charge is -2.28. The van der Waals surface area contributed by atoms with Gasteiger partial charge in [0.15, 0.2) is 0 Å². The molecule has 96 valence electrons. The van der Waals surface area contributed by atoms with Crippen molar-refractivity contribution >= 4 is 33.3 Å². The molecule has 0 radical (unpaired) electrons. The predicted octanol–water partition coefficient (Wildman–Crippen LogP) is 1.67. The smallest absolute Gasteiger partial charge is 0.223 e. The molecule has 0 atom stereocenters. The van der Waals surface area contributed by atoms with E-state index >= 15 is 0 Å². The number of nitrogen functional groups attached to an aromatic ring is 1. The van der Waals surface area contributed by atoms with E-state index < -0.39 is 0 Å². The molecule has 0 aliphatic carbocycles. The number of anilines is 2. The van der Waals surface area contributed by atoms with Crippen molar-refractivity contribution in [2.75, 3.05) is 36.9 Å². The number of nitrogens with zero attached hydrogens (tertiary/aromatic N) is 3. The molecule has 3 rings (SSSR count). The Balaban J connectivity index is 2.10. The predicted molar refractivity (Wildman–Crippen MR) is 74.2 cm³/mol. The molecule has 2 aromatic rings. The van der Waals surface area contributed by atoms with Crippen LogP contribution in [-0.2, 0) is 11.2 Å². The van der Waals surface area contributed by atoms with Crippen LogP contribution in [-0.4, -0.2) is 36.3 Å². The standard InChI is InChI=1S/C12H16N4OS/c1-2-8-7-9-10(16-3-5-17-6-4-16)14-12(13)15-11(9)18-8/h7H,2-6H2,1H3,(H2,13,14,15). The zero-order valence-corrected chi connectivity index (χ0v) is 11.2. The fourth-order valence-electron chi connectivity index (χ4n) is 2.16. The van der Waals surface area contributed by atoms with Crippen LogP contribution in [0.1, 0.15) is 11.8 Å². The molecule has 0 aromatic carbocycles. The summed E-state index contributed by atoms with van der Waals surface area (Å²) in [6.45, 7) is 5.37. The van der Waals surface area contributed by atoms with E-state index in [9.17, 15) is 0 Å². The van der Waals surface area contributed by atoms with Gasteiger partial charge in [0.2, 0.25) is 5.95 Å². The van der Waals surface area contributed by atoms with Crippen molar-refractivity contribution in [3.8, 4) is 0 Å². The SMILES string of the molecule is CCc1cc2c(N3CCOCC3)nc(N)nc2s1. The number of ether oxygens (including phenoxy) is 1. The van der Waals surface area contributed by atoms with Gasteiger partial charge in [0.05, 0.1) is 18.6 Å². The number of fused-ring (bicyclic) bond motifs is 1. The number of rotatable bonds is 2. The maximum Gasteiger partial charge on any atom is 0.223 e. The minimum atomic E-state index is 0.355. The Bertz CT molecular complexity index is 562. The second-order valence-electron chi connectivity index (χ2n) is 4.29. The first-order valence-corrected chi connectivity index (χ1v) is 6.98. The first-order valence-electron chi connectivity index (χ1n) is 6.16. The van der Waals surface area contributed by atoms with Gasteiger partial charge < -0.3 is 15.4 Å². The third-order valence-corrected chi connectivity index (χ3v) is 4.27. The van der Waals surface area contributed by atoms with Gasteiger partial charge in [-0.1, -0.05) is 6.92 Å². The Morgan fingerprint density at radius 3 is 2.89 bits per heavy atom. The molecule has 2 N–H and O–H groups in total. The van der Waals surface area contributed by atoms with E-state index in [-0.39, 0.29) is 0 Å². The summed E-state index contributed by atoms with van der Waals surface area (Å²) in [5.74, 6) is 1.31. The lowest BCUT2D eigenvalue weighted by Crippen LogP contribution is -2.37. The molecule has 5 nitrogen and oxygen atoms in total. The Morgan fingerprint density at radius 1 is 1.39 bits per heavy atom. The van der Waals surface area contributed by atoms with Crippen molar-refractivity contribution in [2.24, 2.45) is 0 Å². The molecule has 18 heavy (non-hydrogen) atoms. The number of nitrogens with two attached hydrogens (primary N) is 1. The van der Waals surface area contributed by atoms with Gasteiger partial charge in [0, 0.05) is 18.0 Å². The van der Waals surface area contributed by atoms with Crippen LogP contribution in [0.4, 0.5) is 11.8 Å². The van der Waals surface area contributed by atoms with E-state index in [1.807, 2.05) is 0 Å². The van der Waals surface area contributed by atoms with E-state index in [0.717, 1.165) is 48.8 Å². The summed E-state index contributed by atoms with van der Waals surface area (Å²) < 4.78 is 5.38. The molecule has 2 aromatic heterocycles. The van der Waals surface area contributed by atoms with Gasteiger partial charge in [-0.3, -0.25) is 0 Å². The molecular weight excluding hydrogens is 248 g/mol. The number of hydrogen-bond donors (Lipinski definition) is 1. The van der Waals surface area contributed by atoms with Crippen molar-refractivity contribution in [3.05, 3.63) is 10.9 Å². The first-order chi connectivity index (χ1) is 8.78. The number of aryl methyl sites for hydroxylation is 1. The van der Waals surface area contributed by atoms with Gasteiger partial charge in [0.1, 0.15) is 10.6 Å². The minimum Gasteiger partial charge on any atom is -0.378 e. The third-order valence-electron chi connectivity index (χ3n) is 3.10. The quantitative estimate of drug-likeness (QED) is 0.894. The maximum absolute atomic E-state index is 5.81. The summed E-state index contributed by atoms with van der Waals surface area (Å²) in [6.07, 6.45) is 1.02. The van der Waals surface area contributed by atoms with Crippen LogP contribution >= 0.6 is 11.3 Å². The largest absolute Gasteiger partial charge is 0.378 e. The Kier molecular flexibility index (Phi) is 3.05. The van der Waals surface area contributed by atoms with Gasteiger partial charge in [0.25, 0.3) is 0 Å².